The average molecular weight is 418 g/mol. The Balaban J connectivity index is 1.98. The second kappa shape index (κ2) is 7.18. The lowest BCUT2D eigenvalue weighted by molar-refractivity contribution is -0.0231. The van der Waals surface area contributed by atoms with Crippen LogP contribution in [0.3, 0.4) is 0 Å². The van der Waals surface area contributed by atoms with Crippen molar-refractivity contribution in [3.8, 4) is 34.3 Å². The molecule has 0 spiro atoms. The van der Waals surface area contributed by atoms with Crippen molar-refractivity contribution >= 4 is 11.0 Å². The minimum Gasteiger partial charge on any atom is -0.507 e. The van der Waals surface area contributed by atoms with Crippen molar-refractivity contribution in [3.05, 3.63) is 46.1 Å². The maximum atomic E-state index is 12.7. The summed E-state index contributed by atoms with van der Waals surface area (Å²) >= 11 is 0. The van der Waals surface area contributed by atoms with Gasteiger partial charge < -0.3 is 44.9 Å². The monoisotopic (exact) mass is 418 g/mol. The van der Waals surface area contributed by atoms with Crippen LogP contribution in [0.1, 0.15) is 11.7 Å². The molecule has 30 heavy (non-hydrogen) atoms. The molecule has 2 heterocycles. The Labute approximate surface area is 168 Å². The van der Waals surface area contributed by atoms with Gasteiger partial charge in [-0.1, -0.05) is 0 Å². The molecular weight excluding hydrogens is 400 g/mol. The molecule has 0 aliphatic carbocycles. The summed E-state index contributed by atoms with van der Waals surface area (Å²) in [4.78, 5) is 12.7. The molecule has 4 rings (SSSR count). The summed E-state index contributed by atoms with van der Waals surface area (Å²) in [6.07, 6.45) is -5.54. The fraction of sp³-hybridized carbons (Fsp3) is 0.250. The third-order valence-electron chi connectivity index (χ3n) is 5.08. The molecule has 2 aromatic carbocycles. The van der Waals surface area contributed by atoms with Crippen molar-refractivity contribution in [2.75, 3.05) is 6.61 Å². The number of hydrogen-bond acceptors (Lipinski definition) is 10. The van der Waals surface area contributed by atoms with Crippen LogP contribution in [0.15, 0.2) is 39.5 Å². The molecular formula is C20H18O10. The Morgan fingerprint density at radius 1 is 0.867 bits per heavy atom. The van der Waals surface area contributed by atoms with Gasteiger partial charge in [0, 0.05) is 17.7 Å². The topological polar surface area (TPSA) is 181 Å². The number of aliphatic hydroxyl groups is 3. The number of hydrogen-bond donors (Lipinski definition) is 7. The third-order valence-corrected chi connectivity index (χ3v) is 5.08. The van der Waals surface area contributed by atoms with Gasteiger partial charge in [-0.2, -0.15) is 0 Å². The Kier molecular flexibility index (Phi) is 4.79. The van der Waals surface area contributed by atoms with Gasteiger partial charge in [0.2, 0.25) is 0 Å². The SMILES string of the molecule is O=c1cc(-c2ccc(O)c(O)c2)oc2c(C3OC(CO)C(O)C3O)c(O)cc(O)c12. The van der Waals surface area contributed by atoms with Gasteiger partial charge in [-0.05, 0) is 18.2 Å². The molecule has 1 saturated heterocycles. The molecule has 4 unspecified atom stereocenters. The summed E-state index contributed by atoms with van der Waals surface area (Å²) in [7, 11) is 0. The van der Waals surface area contributed by atoms with Gasteiger partial charge in [0.1, 0.15) is 47.1 Å². The van der Waals surface area contributed by atoms with E-state index in [9.17, 15) is 40.5 Å². The zero-order valence-electron chi connectivity index (χ0n) is 15.3. The van der Waals surface area contributed by atoms with Crippen LogP contribution >= 0.6 is 0 Å². The largest absolute Gasteiger partial charge is 0.507 e. The maximum Gasteiger partial charge on any atom is 0.197 e. The summed E-state index contributed by atoms with van der Waals surface area (Å²) < 4.78 is 11.2. The van der Waals surface area contributed by atoms with E-state index in [1.165, 1.54) is 12.1 Å². The first-order valence-electron chi connectivity index (χ1n) is 8.90. The number of aromatic hydroxyl groups is 4. The normalized spacial score (nSPS) is 23.8. The van der Waals surface area contributed by atoms with Crippen molar-refractivity contribution in [1.82, 2.24) is 0 Å². The third kappa shape index (κ3) is 3.02. The Morgan fingerprint density at radius 3 is 2.23 bits per heavy atom. The lowest BCUT2D eigenvalue weighted by Crippen LogP contribution is -2.32. The molecule has 1 aliphatic rings. The molecule has 1 aromatic heterocycles. The van der Waals surface area contributed by atoms with Crippen LogP contribution in [0, 0.1) is 0 Å². The van der Waals surface area contributed by atoms with Crippen molar-refractivity contribution < 1.29 is 44.9 Å². The van der Waals surface area contributed by atoms with Crippen molar-refractivity contribution in [3.63, 3.8) is 0 Å². The van der Waals surface area contributed by atoms with E-state index in [2.05, 4.69) is 0 Å². The average Bonchev–Trinajstić information content (AvgIpc) is 2.97. The molecule has 158 valence electrons. The maximum absolute atomic E-state index is 12.7. The Morgan fingerprint density at radius 2 is 1.60 bits per heavy atom. The standard InChI is InChI=1S/C20H18O10/c21-6-14-17(27)18(28)20(30-14)16-11(25)4-10(24)15-12(26)5-13(29-19(15)16)7-1-2-8(22)9(23)3-7/h1-5,14,17-18,20-25,27-28H,6H2. The molecule has 1 fully saturated rings. The molecule has 4 atom stereocenters. The van der Waals surface area contributed by atoms with Gasteiger partial charge >= 0.3 is 0 Å². The van der Waals surface area contributed by atoms with Crippen LogP contribution in [0.2, 0.25) is 0 Å². The number of fused-ring (bicyclic) bond motifs is 1. The van der Waals surface area contributed by atoms with E-state index < -0.39 is 53.7 Å². The van der Waals surface area contributed by atoms with E-state index in [1.807, 2.05) is 0 Å². The lowest BCUT2D eigenvalue weighted by Gasteiger charge is -2.18. The first kappa shape index (κ1) is 20.0. The number of benzene rings is 2. The van der Waals surface area contributed by atoms with E-state index in [1.54, 1.807) is 0 Å². The van der Waals surface area contributed by atoms with Crippen LogP contribution in [0.4, 0.5) is 0 Å². The van der Waals surface area contributed by atoms with Gasteiger partial charge in [-0.25, -0.2) is 0 Å². The molecule has 3 aromatic rings. The Hall–Kier alpha value is -3.31. The smallest absolute Gasteiger partial charge is 0.197 e. The first-order valence-corrected chi connectivity index (χ1v) is 8.90. The highest BCUT2D eigenvalue weighted by Crippen LogP contribution is 2.44. The zero-order valence-corrected chi connectivity index (χ0v) is 15.3. The summed E-state index contributed by atoms with van der Waals surface area (Å²) in [5, 5.41) is 69.2. The van der Waals surface area contributed by atoms with E-state index >= 15 is 0 Å². The number of aliphatic hydroxyl groups excluding tert-OH is 3. The number of rotatable bonds is 3. The highest BCUT2D eigenvalue weighted by molar-refractivity contribution is 5.89. The molecule has 0 saturated carbocycles. The van der Waals surface area contributed by atoms with Crippen LogP contribution in [0.25, 0.3) is 22.3 Å². The highest BCUT2D eigenvalue weighted by atomic mass is 16.6. The van der Waals surface area contributed by atoms with Crippen LogP contribution in [-0.2, 0) is 4.74 Å². The predicted octanol–water partition coefficient (Wildman–Crippen LogP) is 0.436. The van der Waals surface area contributed by atoms with Crippen molar-refractivity contribution in [2.24, 2.45) is 0 Å². The quantitative estimate of drug-likeness (QED) is 0.295. The van der Waals surface area contributed by atoms with E-state index in [0.29, 0.717) is 0 Å². The van der Waals surface area contributed by atoms with E-state index in [4.69, 9.17) is 9.15 Å². The first-order chi connectivity index (χ1) is 14.2. The number of phenolic OH excluding ortho intramolecular Hbond substituents is 4. The highest BCUT2D eigenvalue weighted by Gasteiger charge is 2.45. The minimum atomic E-state index is -1.56. The molecule has 10 heteroatoms. The van der Waals surface area contributed by atoms with Gasteiger partial charge in [0.25, 0.3) is 0 Å². The predicted molar refractivity (Wildman–Crippen MR) is 101 cm³/mol. The minimum absolute atomic E-state index is 0.0687. The summed E-state index contributed by atoms with van der Waals surface area (Å²) in [6.45, 7) is -0.604. The lowest BCUT2D eigenvalue weighted by atomic mass is 9.97. The molecule has 1 aliphatic heterocycles. The van der Waals surface area contributed by atoms with E-state index in [-0.39, 0.29) is 33.6 Å². The fourth-order valence-corrected chi connectivity index (χ4v) is 3.55. The molecule has 10 nitrogen and oxygen atoms in total. The zero-order chi connectivity index (χ0) is 21.7. The van der Waals surface area contributed by atoms with Gasteiger partial charge in [-0.15, -0.1) is 0 Å². The van der Waals surface area contributed by atoms with Crippen LogP contribution < -0.4 is 5.43 Å². The molecule has 0 bridgehead atoms. The second-order valence-corrected chi connectivity index (χ2v) is 6.97. The molecule has 0 amide bonds. The van der Waals surface area contributed by atoms with Crippen molar-refractivity contribution in [2.45, 2.75) is 24.4 Å². The molecule has 7 N–H and O–H groups in total. The van der Waals surface area contributed by atoms with Crippen molar-refractivity contribution in [1.29, 1.82) is 0 Å². The summed E-state index contributed by atoms with van der Waals surface area (Å²) in [5.74, 6) is -2.06. The van der Waals surface area contributed by atoms with Gasteiger partial charge in [0.05, 0.1) is 12.2 Å². The Bertz CT molecular complexity index is 1180. The second-order valence-electron chi connectivity index (χ2n) is 6.97. The van der Waals surface area contributed by atoms with E-state index in [0.717, 1.165) is 18.2 Å². The number of phenols is 4. The van der Waals surface area contributed by atoms with Crippen LogP contribution in [-0.4, -0.2) is 60.7 Å². The van der Waals surface area contributed by atoms with Crippen LogP contribution in [0.5, 0.6) is 23.0 Å². The summed E-state index contributed by atoms with van der Waals surface area (Å²) in [5.41, 5.74) is -0.992. The van der Waals surface area contributed by atoms with Gasteiger partial charge in [-0.3, -0.25) is 4.79 Å². The van der Waals surface area contributed by atoms with Gasteiger partial charge in [0.15, 0.2) is 22.5 Å². The number of ether oxygens (including phenoxy) is 1. The molecule has 0 radical (unpaired) electrons. The fourth-order valence-electron chi connectivity index (χ4n) is 3.55. The summed E-state index contributed by atoms with van der Waals surface area (Å²) in [6, 6.07) is 5.63.